The Labute approximate surface area is 238 Å². The van der Waals surface area contributed by atoms with Crippen LogP contribution in [0.5, 0.6) is 0 Å². The summed E-state index contributed by atoms with van der Waals surface area (Å²) in [5.41, 5.74) is 3.71. The van der Waals surface area contributed by atoms with Gasteiger partial charge in [0.15, 0.2) is 0 Å². The minimum absolute atomic E-state index is 0.0898. The number of nitrogens with zero attached hydrogens (tertiary/aromatic N) is 1. The van der Waals surface area contributed by atoms with Gasteiger partial charge in [0.2, 0.25) is 5.91 Å². The minimum Gasteiger partial charge on any atom is -0.455 e. The Kier molecular flexibility index (Phi) is 7.43. The third-order valence-corrected chi connectivity index (χ3v) is 7.76. The first kappa shape index (κ1) is 28.1. The molecule has 4 aromatic rings. The molecule has 5 rings (SSSR count). The minimum atomic E-state index is -0.400. The molecule has 8 heteroatoms. The second-order valence-corrected chi connectivity index (χ2v) is 11.5. The lowest BCUT2D eigenvalue weighted by molar-refractivity contribution is -0.127. The number of benzene rings is 3. The number of hydrogen-bond acceptors (Lipinski definition) is 4. The van der Waals surface area contributed by atoms with Crippen LogP contribution in [0, 0.1) is 11.7 Å². The molecule has 0 spiro atoms. The Hall–Kier alpha value is -4.46. The number of rotatable bonds is 7. The van der Waals surface area contributed by atoms with Gasteiger partial charge in [-0.15, -0.1) is 0 Å². The molecule has 212 valence electrons. The van der Waals surface area contributed by atoms with E-state index in [0.717, 1.165) is 18.4 Å². The largest absolute Gasteiger partial charge is 0.455 e. The molecule has 1 aliphatic carbocycles. The Bertz CT molecular complexity index is 1650. The van der Waals surface area contributed by atoms with Crippen molar-refractivity contribution in [2.24, 2.45) is 5.92 Å². The fraction of sp³-hybridized carbons (Fsp3) is 0.303. The van der Waals surface area contributed by atoms with Gasteiger partial charge in [0.25, 0.3) is 11.8 Å². The average molecular weight is 556 g/mol. The van der Waals surface area contributed by atoms with E-state index in [9.17, 15) is 18.8 Å². The number of carbonyl (C=O) groups excluding carboxylic acids is 3. The van der Waals surface area contributed by atoms with Crippen molar-refractivity contribution >= 4 is 28.7 Å². The van der Waals surface area contributed by atoms with Gasteiger partial charge in [-0.25, -0.2) is 4.39 Å². The summed E-state index contributed by atoms with van der Waals surface area (Å²) < 4.78 is 19.9. The Morgan fingerprint density at radius 1 is 1.00 bits per heavy atom. The van der Waals surface area contributed by atoms with E-state index in [4.69, 9.17) is 4.42 Å². The van der Waals surface area contributed by atoms with Gasteiger partial charge in [-0.1, -0.05) is 19.1 Å². The topological polar surface area (TPSA) is 91.7 Å². The fourth-order valence-corrected chi connectivity index (χ4v) is 5.83. The first-order valence-electron chi connectivity index (χ1n) is 13.7. The van der Waals surface area contributed by atoms with Crippen LogP contribution in [0.15, 0.2) is 65.1 Å². The van der Waals surface area contributed by atoms with Crippen LogP contribution in [0.4, 0.5) is 4.39 Å². The molecule has 0 bridgehead atoms. The highest BCUT2D eigenvalue weighted by atomic mass is 19.1. The van der Waals surface area contributed by atoms with E-state index in [2.05, 4.69) is 24.5 Å². The third-order valence-electron chi connectivity index (χ3n) is 7.76. The summed E-state index contributed by atoms with van der Waals surface area (Å²) in [6, 6.07) is 16.6. The van der Waals surface area contributed by atoms with Gasteiger partial charge in [-0.3, -0.25) is 14.4 Å². The number of furan rings is 1. The zero-order valence-electron chi connectivity index (χ0n) is 23.9. The third kappa shape index (κ3) is 5.59. The number of fused-ring (bicyclic) bond motifs is 1. The molecule has 3 amide bonds. The van der Waals surface area contributed by atoms with Gasteiger partial charge in [-0.2, -0.15) is 0 Å². The van der Waals surface area contributed by atoms with Gasteiger partial charge >= 0.3 is 0 Å². The van der Waals surface area contributed by atoms with Crippen LogP contribution < -0.4 is 10.6 Å². The molecular weight excluding hydrogens is 521 g/mol. The van der Waals surface area contributed by atoms with Crippen molar-refractivity contribution in [3.8, 4) is 22.5 Å². The lowest BCUT2D eigenvalue weighted by Crippen LogP contribution is -2.54. The van der Waals surface area contributed by atoms with E-state index in [-0.39, 0.29) is 29.7 Å². The van der Waals surface area contributed by atoms with Crippen LogP contribution >= 0.6 is 0 Å². The number of carbonyl (C=O) groups is 3. The van der Waals surface area contributed by atoms with Crippen LogP contribution in [0.2, 0.25) is 0 Å². The quantitative estimate of drug-likeness (QED) is 0.301. The highest BCUT2D eigenvalue weighted by Crippen LogP contribution is 2.39. The van der Waals surface area contributed by atoms with E-state index in [1.165, 1.54) is 24.1 Å². The van der Waals surface area contributed by atoms with E-state index >= 15 is 0 Å². The standard InChI is InChI=1S/C33H34FN3O4/c1-19-17-33(2,18-19)36-31(39)22-8-6-7-21(13-22)25-16-26-27(14-23(25)15-28(38)37(4)5)41-30(29(26)32(40)35-3)20-9-11-24(34)12-10-20/h6-14,16,19H,15,17-18H2,1-5H3,(H,35,40)(H,36,39). The van der Waals surface area contributed by atoms with E-state index in [1.807, 2.05) is 24.3 Å². The number of likely N-dealkylation sites (N-methyl/N-ethyl adjacent to an activating group) is 1. The summed E-state index contributed by atoms with van der Waals surface area (Å²) in [6.07, 6.45) is 1.96. The molecule has 0 aliphatic heterocycles. The van der Waals surface area contributed by atoms with Crippen LogP contribution in [0.3, 0.4) is 0 Å². The van der Waals surface area contributed by atoms with Crippen molar-refractivity contribution < 1.29 is 23.2 Å². The lowest BCUT2D eigenvalue weighted by atomic mass is 9.70. The molecular formula is C33H34FN3O4. The Morgan fingerprint density at radius 2 is 1.71 bits per heavy atom. The monoisotopic (exact) mass is 555 g/mol. The predicted molar refractivity (Wildman–Crippen MR) is 157 cm³/mol. The van der Waals surface area contributed by atoms with Gasteiger partial charge in [0.1, 0.15) is 17.2 Å². The fourth-order valence-electron chi connectivity index (χ4n) is 5.83. The molecule has 41 heavy (non-hydrogen) atoms. The number of hydrogen-bond donors (Lipinski definition) is 2. The van der Waals surface area contributed by atoms with E-state index in [0.29, 0.717) is 50.5 Å². The number of nitrogens with one attached hydrogen (secondary N) is 2. The summed E-state index contributed by atoms with van der Waals surface area (Å²) in [6.45, 7) is 4.23. The van der Waals surface area contributed by atoms with Crippen molar-refractivity contribution in [2.45, 2.75) is 38.6 Å². The first-order valence-corrected chi connectivity index (χ1v) is 13.7. The van der Waals surface area contributed by atoms with Crippen LogP contribution in [0.1, 0.15) is 53.0 Å². The first-order chi connectivity index (χ1) is 19.5. The Morgan fingerprint density at radius 3 is 2.34 bits per heavy atom. The highest BCUT2D eigenvalue weighted by molar-refractivity contribution is 6.12. The molecule has 1 aliphatic rings. The maximum atomic E-state index is 13.7. The van der Waals surface area contributed by atoms with Gasteiger partial charge in [0, 0.05) is 43.2 Å². The van der Waals surface area contributed by atoms with E-state index in [1.54, 1.807) is 38.4 Å². The normalized spacial score (nSPS) is 18.0. The molecule has 1 saturated carbocycles. The molecule has 1 fully saturated rings. The number of halogens is 1. The van der Waals surface area contributed by atoms with Gasteiger partial charge < -0.3 is 20.0 Å². The molecule has 2 N–H and O–H groups in total. The Balaban J connectivity index is 1.65. The van der Waals surface area contributed by atoms with Crippen molar-refractivity contribution in [3.63, 3.8) is 0 Å². The van der Waals surface area contributed by atoms with Crippen molar-refractivity contribution in [3.05, 3.63) is 83.2 Å². The second-order valence-electron chi connectivity index (χ2n) is 11.5. The van der Waals surface area contributed by atoms with Gasteiger partial charge in [0.05, 0.1) is 12.0 Å². The molecule has 1 heterocycles. The second kappa shape index (κ2) is 10.8. The summed E-state index contributed by atoms with van der Waals surface area (Å²) in [7, 11) is 4.92. The zero-order chi connectivity index (χ0) is 29.5. The van der Waals surface area contributed by atoms with Gasteiger partial charge in [-0.05, 0) is 90.9 Å². The molecule has 0 radical (unpaired) electrons. The smallest absolute Gasteiger partial charge is 0.255 e. The SMILES string of the molecule is CNC(=O)c1c(-c2ccc(F)cc2)oc2cc(CC(=O)N(C)C)c(-c3cccc(C(=O)NC4(C)CC(C)C4)c3)cc12. The molecule has 7 nitrogen and oxygen atoms in total. The summed E-state index contributed by atoms with van der Waals surface area (Å²) >= 11 is 0. The molecule has 1 aromatic heterocycles. The predicted octanol–water partition coefficient (Wildman–Crippen LogP) is 5.81. The van der Waals surface area contributed by atoms with Crippen LogP contribution in [0.25, 0.3) is 33.4 Å². The van der Waals surface area contributed by atoms with Crippen molar-refractivity contribution in [1.82, 2.24) is 15.5 Å². The molecule has 0 saturated heterocycles. The maximum absolute atomic E-state index is 13.7. The summed E-state index contributed by atoms with van der Waals surface area (Å²) in [5.74, 6) is -0.133. The zero-order valence-corrected chi connectivity index (χ0v) is 23.9. The van der Waals surface area contributed by atoms with Crippen LogP contribution in [-0.4, -0.2) is 49.3 Å². The number of amides is 3. The lowest BCUT2D eigenvalue weighted by Gasteiger charge is -2.44. The maximum Gasteiger partial charge on any atom is 0.255 e. The summed E-state index contributed by atoms with van der Waals surface area (Å²) in [5, 5.41) is 6.39. The van der Waals surface area contributed by atoms with E-state index < -0.39 is 5.82 Å². The molecule has 0 atom stereocenters. The van der Waals surface area contributed by atoms with Crippen molar-refractivity contribution in [1.29, 1.82) is 0 Å². The summed E-state index contributed by atoms with van der Waals surface area (Å²) in [4.78, 5) is 40.7. The molecule has 3 aromatic carbocycles. The molecule has 0 unspecified atom stereocenters. The van der Waals surface area contributed by atoms with Crippen LogP contribution in [-0.2, 0) is 11.2 Å². The average Bonchev–Trinajstić information content (AvgIpc) is 3.30. The van der Waals surface area contributed by atoms with Crippen molar-refractivity contribution in [2.75, 3.05) is 21.1 Å². The highest BCUT2D eigenvalue weighted by Gasteiger charge is 2.39.